The molecular formula is C9H5F2N2. The van der Waals surface area contributed by atoms with Crippen molar-refractivity contribution in [2.24, 2.45) is 0 Å². The maximum atomic E-state index is 12.7. The van der Waals surface area contributed by atoms with Gasteiger partial charge in [-0.15, -0.1) is 0 Å². The largest absolute Gasteiger partial charge is 0.341 e. The molecule has 0 atom stereocenters. The molecule has 0 saturated carbocycles. The van der Waals surface area contributed by atoms with Crippen molar-refractivity contribution in [1.82, 2.24) is 9.97 Å². The topological polar surface area (TPSA) is 28.7 Å². The number of nitrogens with zero attached hydrogens (tertiary/aromatic N) is 1. The Balaban J connectivity index is 2.49. The number of aromatic nitrogens is 2. The second-order valence-electron chi connectivity index (χ2n) is 2.53. The van der Waals surface area contributed by atoms with E-state index in [0.717, 1.165) is 12.1 Å². The fourth-order valence-electron chi connectivity index (χ4n) is 1.03. The first-order valence-electron chi connectivity index (χ1n) is 3.64. The molecule has 65 valence electrons. The monoisotopic (exact) mass is 179 g/mol. The lowest BCUT2D eigenvalue weighted by Gasteiger charge is -1.96. The highest BCUT2D eigenvalue weighted by Gasteiger charge is 2.04. The number of imidazole rings is 1. The minimum absolute atomic E-state index is 0.524. The van der Waals surface area contributed by atoms with Crippen LogP contribution in [0.25, 0.3) is 11.3 Å². The van der Waals surface area contributed by atoms with Gasteiger partial charge in [-0.1, -0.05) is 0 Å². The molecule has 1 heterocycles. The molecule has 2 rings (SSSR count). The van der Waals surface area contributed by atoms with Crippen LogP contribution in [0, 0.1) is 18.0 Å². The van der Waals surface area contributed by atoms with Gasteiger partial charge in [0, 0.05) is 11.8 Å². The number of hydrogen-bond acceptors (Lipinski definition) is 1. The lowest BCUT2D eigenvalue weighted by molar-refractivity contribution is 0.509. The molecule has 0 fully saturated rings. The molecule has 1 N–H and O–H groups in total. The van der Waals surface area contributed by atoms with E-state index in [-0.39, 0.29) is 0 Å². The van der Waals surface area contributed by atoms with Gasteiger partial charge in [0.15, 0.2) is 18.0 Å². The normalized spacial score (nSPS) is 10.3. The van der Waals surface area contributed by atoms with Gasteiger partial charge in [-0.3, -0.25) is 0 Å². The first-order valence-corrected chi connectivity index (χ1v) is 3.64. The van der Waals surface area contributed by atoms with Gasteiger partial charge in [0.2, 0.25) is 0 Å². The van der Waals surface area contributed by atoms with Gasteiger partial charge in [0.1, 0.15) is 0 Å². The molecule has 1 aromatic carbocycles. The van der Waals surface area contributed by atoms with Crippen molar-refractivity contribution >= 4 is 0 Å². The van der Waals surface area contributed by atoms with Crippen molar-refractivity contribution in [3.8, 4) is 11.3 Å². The molecule has 0 saturated heterocycles. The third kappa shape index (κ3) is 1.42. The molecule has 2 nitrogen and oxygen atoms in total. The molecule has 0 spiro atoms. The zero-order chi connectivity index (χ0) is 9.26. The summed E-state index contributed by atoms with van der Waals surface area (Å²) in [7, 11) is 0. The smallest absolute Gasteiger partial charge is 0.174 e. The minimum atomic E-state index is -0.875. The number of H-pyrrole nitrogens is 1. The summed E-state index contributed by atoms with van der Waals surface area (Å²) in [4.78, 5) is 6.40. The zero-order valence-electron chi connectivity index (χ0n) is 6.51. The van der Waals surface area contributed by atoms with Crippen LogP contribution >= 0.6 is 0 Å². The second-order valence-corrected chi connectivity index (χ2v) is 2.53. The summed E-state index contributed by atoms with van der Waals surface area (Å²) in [5.41, 5.74) is 1.07. The third-order valence-electron chi connectivity index (χ3n) is 1.67. The van der Waals surface area contributed by atoms with E-state index in [0.29, 0.717) is 11.3 Å². The van der Waals surface area contributed by atoms with E-state index in [1.165, 1.54) is 6.07 Å². The van der Waals surface area contributed by atoms with E-state index in [4.69, 9.17) is 0 Å². The van der Waals surface area contributed by atoms with Crippen LogP contribution in [-0.2, 0) is 0 Å². The van der Waals surface area contributed by atoms with Crippen LogP contribution in [0.3, 0.4) is 0 Å². The van der Waals surface area contributed by atoms with Crippen LogP contribution in [0.4, 0.5) is 8.78 Å². The molecule has 0 amide bonds. The minimum Gasteiger partial charge on any atom is -0.341 e. The highest BCUT2D eigenvalue weighted by molar-refractivity contribution is 5.57. The van der Waals surface area contributed by atoms with Crippen LogP contribution in [0.2, 0.25) is 0 Å². The average molecular weight is 179 g/mol. The second kappa shape index (κ2) is 2.97. The van der Waals surface area contributed by atoms with Gasteiger partial charge >= 0.3 is 0 Å². The van der Waals surface area contributed by atoms with Crippen molar-refractivity contribution in [1.29, 1.82) is 0 Å². The van der Waals surface area contributed by atoms with Crippen LogP contribution in [0.1, 0.15) is 0 Å². The fraction of sp³-hybridized carbons (Fsp3) is 0. The van der Waals surface area contributed by atoms with Gasteiger partial charge in [0.25, 0.3) is 0 Å². The predicted molar refractivity (Wildman–Crippen MR) is 42.8 cm³/mol. The summed E-state index contributed by atoms with van der Waals surface area (Å²) in [6.07, 6.45) is 4.03. The molecule has 0 aliphatic rings. The van der Waals surface area contributed by atoms with Gasteiger partial charge in [-0.2, -0.15) is 0 Å². The van der Waals surface area contributed by atoms with E-state index in [1.807, 2.05) is 0 Å². The number of nitrogens with one attached hydrogen (secondary N) is 1. The predicted octanol–water partition coefficient (Wildman–Crippen LogP) is 2.16. The maximum Gasteiger partial charge on any atom is 0.174 e. The van der Waals surface area contributed by atoms with Gasteiger partial charge in [-0.05, 0) is 18.2 Å². The quantitative estimate of drug-likeness (QED) is 0.713. The Labute approximate surface area is 73.2 Å². The molecule has 13 heavy (non-hydrogen) atoms. The zero-order valence-corrected chi connectivity index (χ0v) is 6.51. The molecule has 0 aliphatic heterocycles. The van der Waals surface area contributed by atoms with Gasteiger partial charge < -0.3 is 4.98 Å². The summed E-state index contributed by atoms with van der Waals surface area (Å²) in [6, 6.07) is 3.63. The van der Waals surface area contributed by atoms with Crippen LogP contribution in [-0.4, -0.2) is 9.97 Å². The average Bonchev–Trinajstić information content (AvgIpc) is 2.62. The third-order valence-corrected chi connectivity index (χ3v) is 1.67. The van der Waals surface area contributed by atoms with Crippen LogP contribution in [0.15, 0.2) is 24.4 Å². The maximum absolute atomic E-state index is 12.7. The molecule has 4 heteroatoms. The molecule has 0 aliphatic carbocycles. The Hall–Kier alpha value is -1.71. The Morgan fingerprint density at radius 2 is 2.08 bits per heavy atom. The van der Waals surface area contributed by atoms with Crippen LogP contribution < -0.4 is 0 Å². The van der Waals surface area contributed by atoms with Crippen LogP contribution in [0.5, 0.6) is 0 Å². The first kappa shape index (κ1) is 7.91. The van der Waals surface area contributed by atoms with Crippen molar-refractivity contribution in [2.45, 2.75) is 0 Å². The lowest BCUT2D eigenvalue weighted by Crippen LogP contribution is -1.84. The molecule has 2 aromatic rings. The number of halogens is 2. The van der Waals surface area contributed by atoms with Gasteiger partial charge in [0.05, 0.1) is 5.69 Å². The summed E-state index contributed by atoms with van der Waals surface area (Å²) < 4.78 is 25.3. The van der Waals surface area contributed by atoms with E-state index in [9.17, 15) is 8.78 Å². The number of rotatable bonds is 1. The van der Waals surface area contributed by atoms with Crippen molar-refractivity contribution < 1.29 is 8.78 Å². The standard InChI is InChI=1S/C9H5F2N2/c10-7-2-1-6(3-8(7)11)9-4-12-5-13-9/h1-4H,(H,12,13). The van der Waals surface area contributed by atoms with Gasteiger partial charge in [-0.25, -0.2) is 13.8 Å². The Morgan fingerprint density at radius 1 is 1.23 bits per heavy atom. The number of benzene rings is 1. The highest BCUT2D eigenvalue weighted by atomic mass is 19.2. The molecule has 0 bridgehead atoms. The highest BCUT2D eigenvalue weighted by Crippen LogP contribution is 2.18. The summed E-state index contributed by atoms with van der Waals surface area (Å²) in [6.45, 7) is 0. The van der Waals surface area contributed by atoms with E-state index in [2.05, 4.69) is 16.3 Å². The number of aromatic amines is 1. The SMILES string of the molecule is Fc1ccc(-c2c[nH][c]n2)cc1F. The summed E-state index contributed by atoms with van der Waals surface area (Å²) in [5, 5.41) is 0. The molecule has 1 aromatic heterocycles. The lowest BCUT2D eigenvalue weighted by atomic mass is 10.1. The Morgan fingerprint density at radius 3 is 2.69 bits per heavy atom. The Bertz CT molecular complexity index is 410. The number of hydrogen-bond donors (Lipinski definition) is 1. The molecule has 0 unspecified atom stereocenters. The Kier molecular flexibility index (Phi) is 1.81. The molecular weight excluding hydrogens is 174 g/mol. The van der Waals surface area contributed by atoms with Crippen molar-refractivity contribution in [3.63, 3.8) is 0 Å². The summed E-state index contributed by atoms with van der Waals surface area (Å²) >= 11 is 0. The van der Waals surface area contributed by atoms with Crippen molar-refractivity contribution in [3.05, 3.63) is 42.4 Å². The molecule has 1 radical (unpaired) electrons. The van der Waals surface area contributed by atoms with E-state index < -0.39 is 11.6 Å². The summed E-state index contributed by atoms with van der Waals surface area (Å²) in [5.74, 6) is -1.73. The van der Waals surface area contributed by atoms with Crippen molar-refractivity contribution in [2.75, 3.05) is 0 Å². The van der Waals surface area contributed by atoms with E-state index >= 15 is 0 Å². The first-order chi connectivity index (χ1) is 6.27. The fourth-order valence-corrected chi connectivity index (χ4v) is 1.03. The van der Waals surface area contributed by atoms with E-state index in [1.54, 1.807) is 6.20 Å².